The van der Waals surface area contributed by atoms with Gasteiger partial charge >= 0.3 is 0 Å². The van der Waals surface area contributed by atoms with Gasteiger partial charge in [0.25, 0.3) is 0 Å². The molecule has 2 aromatic rings. The molecule has 0 amide bonds. The van der Waals surface area contributed by atoms with Crippen molar-refractivity contribution in [2.75, 3.05) is 0 Å². The molecule has 0 saturated heterocycles. The Morgan fingerprint density at radius 2 is 1.74 bits per heavy atom. The summed E-state index contributed by atoms with van der Waals surface area (Å²) in [6, 6.07) is 14.9. The van der Waals surface area contributed by atoms with Crippen LogP contribution in [0.15, 0.2) is 48.5 Å². The van der Waals surface area contributed by atoms with Gasteiger partial charge in [0.15, 0.2) is 0 Å². The third kappa shape index (κ3) is 2.04. The molecule has 0 fully saturated rings. The van der Waals surface area contributed by atoms with E-state index in [4.69, 9.17) is 5.26 Å². The Morgan fingerprint density at radius 3 is 2.53 bits per heavy atom. The fourth-order valence-corrected chi connectivity index (χ4v) is 2.65. The van der Waals surface area contributed by atoms with Gasteiger partial charge in [-0.05, 0) is 52.8 Å². The Balaban J connectivity index is 2.30. The summed E-state index contributed by atoms with van der Waals surface area (Å²) in [6.45, 7) is 0. The van der Waals surface area contributed by atoms with E-state index in [1.165, 1.54) is 23.8 Å². The minimum Gasteiger partial charge on any atom is -0.207 e. The van der Waals surface area contributed by atoms with Gasteiger partial charge in [0.05, 0.1) is 6.07 Å². The summed E-state index contributed by atoms with van der Waals surface area (Å²) in [5, 5.41) is 9.01. The van der Waals surface area contributed by atoms with Crippen molar-refractivity contribution in [2.24, 2.45) is 0 Å². The van der Waals surface area contributed by atoms with E-state index >= 15 is 0 Å². The zero-order valence-electron chi connectivity index (χ0n) is 10.4. The Bertz CT molecular complexity index is 707. The molecule has 0 spiro atoms. The van der Waals surface area contributed by atoms with Crippen molar-refractivity contribution in [3.63, 3.8) is 0 Å². The first-order valence-electron chi connectivity index (χ1n) is 6.26. The smallest absolute Gasteiger partial charge is 0.123 e. The number of rotatable bonds is 0. The second kappa shape index (κ2) is 4.70. The predicted octanol–water partition coefficient (Wildman–Crippen LogP) is 3.88. The van der Waals surface area contributed by atoms with E-state index in [2.05, 4.69) is 12.1 Å². The van der Waals surface area contributed by atoms with Crippen LogP contribution in [0.5, 0.6) is 0 Å². The Kier molecular flexibility index (Phi) is 2.89. The maximum Gasteiger partial charge on any atom is 0.123 e. The summed E-state index contributed by atoms with van der Waals surface area (Å²) in [4.78, 5) is 0. The fraction of sp³-hybridized carbons (Fsp3) is 0.118. The molecule has 0 heterocycles. The average molecular weight is 249 g/mol. The standard InChI is InChI=1S/C17H12FN/c18-14-8-7-13-6-5-12-3-1-2-4-15(12)16(9-10-19)17(13)11-14/h1-4,7-9,11H,5-6H2/b16-9+. The molecule has 19 heavy (non-hydrogen) atoms. The zero-order valence-corrected chi connectivity index (χ0v) is 10.4. The van der Waals surface area contributed by atoms with E-state index in [0.717, 1.165) is 35.1 Å². The highest BCUT2D eigenvalue weighted by Crippen LogP contribution is 2.33. The topological polar surface area (TPSA) is 23.8 Å². The number of hydrogen-bond acceptors (Lipinski definition) is 1. The predicted molar refractivity (Wildman–Crippen MR) is 72.9 cm³/mol. The van der Waals surface area contributed by atoms with Crippen LogP contribution in [0.25, 0.3) is 5.57 Å². The largest absolute Gasteiger partial charge is 0.207 e. The lowest BCUT2D eigenvalue weighted by atomic mass is 9.94. The zero-order chi connectivity index (χ0) is 13.2. The van der Waals surface area contributed by atoms with Gasteiger partial charge in [-0.2, -0.15) is 5.26 Å². The molecular formula is C17H12FN. The lowest BCUT2D eigenvalue weighted by Gasteiger charge is -2.10. The van der Waals surface area contributed by atoms with Crippen LogP contribution in [0.4, 0.5) is 4.39 Å². The first-order chi connectivity index (χ1) is 9.29. The van der Waals surface area contributed by atoms with Crippen molar-refractivity contribution < 1.29 is 4.39 Å². The highest BCUT2D eigenvalue weighted by atomic mass is 19.1. The quantitative estimate of drug-likeness (QED) is 0.650. The molecule has 1 aliphatic rings. The number of aryl methyl sites for hydroxylation is 2. The Labute approximate surface area is 111 Å². The highest BCUT2D eigenvalue weighted by Gasteiger charge is 2.18. The second-order valence-electron chi connectivity index (χ2n) is 4.65. The van der Waals surface area contributed by atoms with Crippen LogP contribution in [0.2, 0.25) is 0 Å². The summed E-state index contributed by atoms with van der Waals surface area (Å²) in [7, 11) is 0. The third-order valence-electron chi connectivity index (χ3n) is 3.54. The summed E-state index contributed by atoms with van der Waals surface area (Å²) < 4.78 is 13.5. The Hall–Kier alpha value is -2.40. The number of fused-ring (bicyclic) bond motifs is 2. The first-order valence-corrected chi connectivity index (χ1v) is 6.26. The van der Waals surface area contributed by atoms with Crippen molar-refractivity contribution in [2.45, 2.75) is 12.8 Å². The van der Waals surface area contributed by atoms with Gasteiger partial charge in [-0.1, -0.05) is 30.3 Å². The van der Waals surface area contributed by atoms with Crippen LogP contribution in [0.3, 0.4) is 0 Å². The van der Waals surface area contributed by atoms with Gasteiger partial charge in [-0.3, -0.25) is 0 Å². The summed E-state index contributed by atoms with van der Waals surface area (Å²) in [5.41, 5.74) is 5.00. The summed E-state index contributed by atoms with van der Waals surface area (Å²) in [6.07, 6.45) is 3.30. The van der Waals surface area contributed by atoms with Crippen LogP contribution < -0.4 is 0 Å². The van der Waals surface area contributed by atoms with Gasteiger partial charge < -0.3 is 0 Å². The number of allylic oxidation sites excluding steroid dienone is 1. The Morgan fingerprint density at radius 1 is 1.00 bits per heavy atom. The lowest BCUT2D eigenvalue weighted by molar-refractivity contribution is 0.626. The van der Waals surface area contributed by atoms with E-state index in [1.54, 1.807) is 0 Å². The van der Waals surface area contributed by atoms with Gasteiger partial charge in [0, 0.05) is 6.08 Å². The van der Waals surface area contributed by atoms with E-state index in [-0.39, 0.29) is 5.82 Å². The average Bonchev–Trinajstić information content (AvgIpc) is 2.58. The molecule has 92 valence electrons. The molecule has 0 unspecified atom stereocenters. The fourth-order valence-electron chi connectivity index (χ4n) is 2.65. The first kappa shape index (κ1) is 11.7. The minimum absolute atomic E-state index is 0.262. The van der Waals surface area contributed by atoms with E-state index in [9.17, 15) is 4.39 Å². The highest BCUT2D eigenvalue weighted by molar-refractivity contribution is 5.85. The van der Waals surface area contributed by atoms with E-state index in [0.29, 0.717) is 0 Å². The van der Waals surface area contributed by atoms with Crippen LogP contribution in [-0.2, 0) is 12.8 Å². The van der Waals surface area contributed by atoms with Crippen molar-refractivity contribution in [3.05, 3.63) is 76.6 Å². The molecule has 0 saturated carbocycles. The summed E-state index contributed by atoms with van der Waals surface area (Å²) in [5.74, 6) is -0.262. The molecule has 0 aromatic heterocycles. The van der Waals surface area contributed by atoms with Crippen LogP contribution in [0, 0.1) is 17.1 Å². The number of halogens is 1. The number of hydrogen-bond donors (Lipinski definition) is 0. The maximum absolute atomic E-state index is 13.5. The second-order valence-corrected chi connectivity index (χ2v) is 4.65. The normalized spacial score (nSPS) is 15.3. The molecule has 1 aliphatic carbocycles. The monoisotopic (exact) mass is 249 g/mol. The summed E-state index contributed by atoms with van der Waals surface area (Å²) >= 11 is 0. The van der Waals surface area contributed by atoms with Crippen LogP contribution >= 0.6 is 0 Å². The molecule has 2 heteroatoms. The van der Waals surface area contributed by atoms with Crippen LogP contribution in [0.1, 0.15) is 22.3 Å². The van der Waals surface area contributed by atoms with Gasteiger partial charge in [0.2, 0.25) is 0 Å². The third-order valence-corrected chi connectivity index (χ3v) is 3.54. The molecule has 2 aromatic carbocycles. The van der Waals surface area contributed by atoms with Gasteiger partial charge in [-0.25, -0.2) is 4.39 Å². The molecule has 0 atom stereocenters. The molecule has 0 N–H and O–H groups in total. The van der Waals surface area contributed by atoms with Crippen molar-refractivity contribution in [3.8, 4) is 6.07 Å². The van der Waals surface area contributed by atoms with E-state index < -0.39 is 0 Å². The SMILES string of the molecule is N#C/C=C1\c2ccccc2CCc2ccc(F)cc21. The lowest BCUT2D eigenvalue weighted by Crippen LogP contribution is -1.93. The van der Waals surface area contributed by atoms with Gasteiger partial charge in [0.1, 0.15) is 5.82 Å². The molecule has 0 aliphatic heterocycles. The number of benzene rings is 2. The maximum atomic E-state index is 13.5. The minimum atomic E-state index is -0.262. The molecule has 0 radical (unpaired) electrons. The van der Waals surface area contributed by atoms with Crippen molar-refractivity contribution >= 4 is 5.57 Å². The number of nitrogens with zero attached hydrogens (tertiary/aromatic N) is 1. The van der Waals surface area contributed by atoms with E-state index in [1.807, 2.05) is 24.3 Å². The van der Waals surface area contributed by atoms with Crippen molar-refractivity contribution in [1.29, 1.82) is 5.26 Å². The van der Waals surface area contributed by atoms with Crippen LogP contribution in [-0.4, -0.2) is 0 Å². The van der Waals surface area contributed by atoms with Gasteiger partial charge in [-0.15, -0.1) is 0 Å². The molecule has 3 rings (SSSR count). The van der Waals surface area contributed by atoms with Crippen molar-refractivity contribution in [1.82, 2.24) is 0 Å². The molecule has 0 bridgehead atoms. The molecule has 1 nitrogen and oxygen atoms in total. The molecular weight excluding hydrogens is 237 g/mol. The number of nitriles is 1.